The summed E-state index contributed by atoms with van der Waals surface area (Å²) in [7, 11) is 0. The smallest absolute Gasteiger partial charge is 0.0522 e. The maximum atomic E-state index is 2.27. The highest BCUT2D eigenvalue weighted by Crippen LogP contribution is 2.40. The van der Waals surface area contributed by atoms with Crippen LogP contribution in [0.2, 0.25) is 0 Å². The molecule has 0 amide bonds. The molecule has 1 heteroatoms. The third-order valence-electron chi connectivity index (χ3n) is 1.05. The monoisotopic (exact) mass is 96.0 g/mol. The van der Waals surface area contributed by atoms with E-state index < -0.39 is 0 Å². The van der Waals surface area contributed by atoms with E-state index in [0.29, 0.717) is 0 Å². The third kappa shape index (κ3) is 0.219. The van der Waals surface area contributed by atoms with Gasteiger partial charge < -0.3 is 0 Å². The number of thioether (sulfide) groups is 1. The summed E-state index contributed by atoms with van der Waals surface area (Å²) in [5.74, 6) is 0. The molecule has 0 aromatic rings. The van der Waals surface area contributed by atoms with Crippen molar-refractivity contribution in [1.29, 1.82) is 0 Å². The molecule has 2 aliphatic rings. The molecule has 0 spiro atoms. The van der Waals surface area contributed by atoms with E-state index in [1.165, 1.54) is 5.57 Å². The zero-order valence-corrected chi connectivity index (χ0v) is 4.03. The summed E-state index contributed by atoms with van der Waals surface area (Å²) in [4.78, 5) is 0. The summed E-state index contributed by atoms with van der Waals surface area (Å²) in [6.07, 6.45) is 4.44. The van der Waals surface area contributed by atoms with Crippen LogP contribution < -0.4 is 0 Å². The van der Waals surface area contributed by atoms with Gasteiger partial charge >= 0.3 is 0 Å². The molecule has 0 saturated carbocycles. The Bertz CT molecular complexity index is 133. The Morgan fingerprint density at radius 2 is 2.67 bits per heavy atom. The predicted molar refractivity (Wildman–Crippen MR) is 28.6 cm³/mol. The lowest BCUT2D eigenvalue weighted by Gasteiger charge is -1.74. The van der Waals surface area contributed by atoms with Crippen molar-refractivity contribution in [2.75, 3.05) is 0 Å². The molecule has 6 heavy (non-hydrogen) atoms. The topological polar surface area (TPSA) is 0 Å². The Morgan fingerprint density at radius 1 is 1.67 bits per heavy atom. The largest absolute Gasteiger partial charge is 0.122 e. The van der Waals surface area contributed by atoms with Crippen LogP contribution >= 0.6 is 11.8 Å². The van der Waals surface area contributed by atoms with Gasteiger partial charge in [0, 0.05) is 0 Å². The highest BCUT2D eigenvalue weighted by molar-refractivity contribution is 8.03. The molecule has 0 saturated heterocycles. The van der Waals surface area contributed by atoms with Crippen molar-refractivity contribution < 1.29 is 0 Å². The van der Waals surface area contributed by atoms with Gasteiger partial charge in [-0.05, 0) is 11.0 Å². The summed E-state index contributed by atoms with van der Waals surface area (Å²) >= 11 is 1.90. The fraction of sp³-hybridized carbons (Fsp3) is 0.200. The quantitative estimate of drug-likeness (QED) is 0.441. The molecular formula is C5H4S. The molecule has 0 radical (unpaired) electrons. The van der Waals surface area contributed by atoms with E-state index in [9.17, 15) is 0 Å². The van der Waals surface area contributed by atoms with Crippen LogP contribution in [-0.4, -0.2) is 5.25 Å². The molecule has 1 aliphatic carbocycles. The van der Waals surface area contributed by atoms with Gasteiger partial charge in [0.25, 0.3) is 0 Å². The standard InChI is InChI=1S/C5H4S/c1-2-6-5-3-4(1)5/h1-3,5H. The van der Waals surface area contributed by atoms with Gasteiger partial charge in [-0.2, -0.15) is 0 Å². The van der Waals surface area contributed by atoms with E-state index in [1.54, 1.807) is 0 Å². The van der Waals surface area contributed by atoms with Crippen LogP contribution in [0.4, 0.5) is 0 Å². The minimum absolute atomic E-state index is 0.810. The second-order valence-corrected chi connectivity index (χ2v) is 2.58. The minimum atomic E-state index is 0.810. The van der Waals surface area contributed by atoms with Gasteiger partial charge in [-0.3, -0.25) is 0 Å². The fourth-order valence-electron chi connectivity index (χ4n) is 0.597. The zero-order chi connectivity index (χ0) is 3.98. The van der Waals surface area contributed by atoms with Gasteiger partial charge in [0.05, 0.1) is 5.25 Å². The molecule has 30 valence electrons. The van der Waals surface area contributed by atoms with Crippen LogP contribution in [0.5, 0.6) is 0 Å². The van der Waals surface area contributed by atoms with E-state index in [4.69, 9.17) is 0 Å². The summed E-state index contributed by atoms with van der Waals surface area (Å²) in [6.45, 7) is 0. The molecule has 1 heterocycles. The zero-order valence-electron chi connectivity index (χ0n) is 3.22. The van der Waals surface area contributed by atoms with Crippen molar-refractivity contribution in [2.45, 2.75) is 5.25 Å². The van der Waals surface area contributed by atoms with Crippen molar-refractivity contribution in [3.8, 4) is 0 Å². The van der Waals surface area contributed by atoms with Crippen molar-refractivity contribution in [3.63, 3.8) is 0 Å². The van der Waals surface area contributed by atoms with Gasteiger partial charge in [0.15, 0.2) is 0 Å². The maximum absolute atomic E-state index is 2.27. The summed E-state index contributed by atoms with van der Waals surface area (Å²) in [6, 6.07) is 0. The SMILES string of the molecule is C1=CC2=CC2S1. The fourth-order valence-corrected chi connectivity index (χ4v) is 1.47. The summed E-state index contributed by atoms with van der Waals surface area (Å²) < 4.78 is 0. The highest BCUT2D eigenvalue weighted by atomic mass is 32.2. The van der Waals surface area contributed by atoms with Gasteiger partial charge in [-0.1, -0.05) is 12.2 Å². The molecule has 0 bridgehead atoms. The van der Waals surface area contributed by atoms with Crippen molar-refractivity contribution in [1.82, 2.24) is 0 Å². The van der Waals surface area contributed by atoms with Crippen LogP contribution in [0.3, 0.4) is 0 Å². The molecule has 0 N–H and O–H groups in total. The van der Waals surface area contributed by atoms with E-state index >= 15 is 0 Å². The number of fused-ring (bicyclic) bond motifs is 1. The molecule has 1 aliphatic heterocycles. The van der Waals surface area contributed by atoms with Crippen LogP contribution in [0.15, 0.2) is 23.1 Å². The van der Waals surface area contributed by atoms with Crippen LogP contribution in [0, 0.1) is 0 Å². The van der Waals surface area contributed by atoms with Crippen LogP contribution in [0.25, 0.3) is 0 Å². The Morgan fingerprint density at radius 3 is 2.83 bits per heavy atom. The second kappa shape index (κ2) is 0.733. The van der Waals surface area contributed by atoms with E-state index in [-0.39, 0.29) is 0 Å². The van der Waals surface area contributed by atoms with Gasteiger partial charge in [-0.15, -0.1) is 11.8 Å². The molecule has 0 aromatic heterocycles. The molecule has 0 fully saturated rings. The van der Waals surface area contributed by atoms with E-state index in [0.717, 1.165) is 5.25 Å². The van der Waals surface area contributed by atoms with E-state index in [2.05, 4.69) is 17.6 Å². The molecule has 0 aromatic carbocycles. The molecule has 0 nitrogen and oxygen atoms in total. The predicted octanol–water partition coefficient (Wildman–Crippen LogP) is 1.56. The first-order valence-corrected chi connectivity index (χ1v) is 2.95. The molecular weight excluding hydrogens is 92.1 g/mol. The lowest BCUT2D eigenvalue weighted by molar-refractivity contribution is 1.66. The number of hydrogen-bond acceptors (Lipinski definition) is 1. The Kier molecular flexibility index (Phi) is 0.356. The lowest BCUT2D eigenvalue weighted by atomic mass is 10.5. The second-order valence-electron chi connectivity index (χ2n) is 1.53. The highest BCUT2D eigenvalue weighted by Gasteiger charge is 2.25. The third-order valence-corrected chi connectivity index (χ3v) is 2.04. The molecule has 1 unspecified atom stereocenters. The summed E-state index contributed by atoms with van der Waals surface area (Å²) in [5, 5.41) is 2.96. The first kappa shape index (κ1) is 2.92. The van der Waals surface area contributed by atoms with E-state index in [1.807, 2.05) is 11.8 Å². The Balaban J connectivity index is 2.42. The first-order valence-electron chi connectivity index (χ1n) is 2.00. The average molecular weight is 96.2 g/mol. The molecule has 1 atom stereocenters. The number of rotatable bonds is 0. The maximum Gasteiger partial charge on any atom is 0.0522 e. The van der Waals surface area contributed by atoms with Gasteiger partial charge in [0.2, 0.25) is 0 Å². The lowest BCUT2D eigenvalue weighted by Crippen LogP contribution is -1.63. The van der Waals surface area contributed by atoms with Crippen molar-refractivity contribution in [2.24, 2.45) is 0 Å². The van der Waals surface area contributed by atoms with Crippen molar-refractivity contribution >= 4 is 11.8 Å². The van der Waals surface area contributed by atoms with Gasteiger partial charge in [0.1, 0.15) is 0 Å². The average Bonchev–Trinajstić information content (AvgIpc) is 2.17. The normalized spacial score (nSPS) is 36.0. The Labute approximate surface area is 40.9 Å². The summed E-state index contributed by atoms with van der Waals surface area (Å²) in [5.41, 5.74) is 1.53. The van der Waals surface area contributed by atoms with Crippen LogP contribution in [-0.2, 0) is 0 Å². The first-order chi connectivity index (χ1) is 2.97. The minimum Gasteiger partial charge on any atom is -0.122 e. The van der Waals surface area contributed by atoms with Crippen LogP contribution in [0.1, 0.15) is 0 Å². The van der Waals surface area contributed by atoms with Crippen molar-refractivity contribution in [3.05, 3.63) is 23.1 Å². The molecule has 2 rings (SSSR count). The number of allylic oxidation sites excluding steroid dienone is 1. The van der Waals surface area contributed by atoms with Gasteiger partial charge in [-0.25, -0.2) is 0 Å². The number of hydrogen-bond donors (Lipinski definition) is 0. The Hall–Kier alpha value is -0.170.